The monoisotopic (exact) mass is 516 g/mol. The maximum Gasteiger partial charge on any atom is 0.259 e. The number of anilines is 1. The van der Waals surface area contributed by atoms with Gasteiger partial charge in [-0.15, -0.1) is 0 Å². The number of rotatable bonds is 10. The van der Waals surface area contributed by atoms with Crippen molar-refractivity contribution in [3.63, 3.8) is 0 Å². The summed E-state index contributed by atoms with van der Waals surface area (Å²) < 4.78 is 5.42. The van der Waals surface area contributed by atoms with E-state index >= 15 is 0 Å². The summed E-state index contributed by atoms with van der Waals surface area (Å²) in [6.45, 7) is 17.8. The summed E-state index contributed by atoms with van der Waals surface area (Å²) in [6, 6.07) is -0.0751. The Labute approximate surface area is 223 Å². The first-order chi connectivity index (χ1) is 17.6. The number of nitrogens with one attached hydrogen (secondary N) is 2. The van der Waals surface area contributed by atoms with E-state index in [0.717, 1.165) is 25.8 Å². The number of carbonyl (C=O) groups is 2. The van der Waals surface area contributed by atoms with Crippen LogP contribution in [0.1, 0.15) is 83.4 Å². The highest BCUT2D eigenvalue weighted by molar-refractivity contribution is 5.98. The maximum atomic E-state index is 14.1. The smallest absolute Gasteiger partial charge is 0.259 e. The zero-order valence-electron chi connectivity index (χ0n) is 23.8. The van der Waals surface area contributed by atoms with Crippen LogP contribution in [0, 0.1) is 11.8 Å². The van der Waals surface area contributed by atoms with Crippen LogP contribution in [0.3, 0.4) is 0 Å². The highest BCUT2D eigenvalue weighted by Gasteiger charge is 2.36. The Kier molecular flexibility index (Phi) is 10.7. The summed E-state index contributed by atoms with van der Waals surface area (Å²) in [6.07, 6.45) is 5.62. The van der Waals surface area contributed by atoms with E-state index in [1.807, 2.05) is 9.80 Å². The van der Waals surface area contributed by atoms with E-state index in [4.69, 9.17) is 9.72 Å². The van der Waals surface area contributed by atoms with Crippen molar-refractivity contribution in [1.82, 2.24) is 25.1 Å². The Morgan fingerprint density at radius 3 is 2.59 bits per heavy atom. The Hall–Kier alpha value is -2.26. The number of unbranched alkanes of at least 4 members (excludes halogenated alkanes) is 2. The normalized spacial score (nSPS) is 20.7. The molecule has 9 heteroatoms. The van der Waals surface area contributed by atoms with Crippen LogP contribution in [0.4, 0.5) is 5.82 Å². The summed E-state index contributed by atoms with van der Waals surface area (Å²) in [5.41, 5.74) is 0.283. The van der Waals surface area contributed by atoms with Gasteiger partial charge in [-0.05, 0) is 18.8 Å². The average molecular weight is 517 g/mol. The van der Waals surface area contributed by atoms with Crippen LogP contribution in [0.25, 0.3) is 0 Å². The average Bonchev–Trinajstić information content (AvgIpc) is 2.89. The first kappa shape index (κ1) is 29.3. The van der Waals surface area contributed by atoms with Gasteiger partial charge in [0.15, 0.2) is 0 Å². The van der Waals surface area contributed by atoms with Crippen molar-refractivity contribution >= 4 is 17.6 Å². The van der Waals surface area contributed by atoms with Gasteiger partial charge in [0.05, 0.1) is 19.1 Å². The molecule has 2 atom stereocenters. The van der Waals surface area contributed by atoms with Crippen LogP contribution in [0.2, 0.25) is 0 Å². The fraction of sp³-hybridized carbons (Fsp3) is 0.786. The molecule has 3 rings (SSSR count). The largest absolute Gasteiger partial charge is 0.378 e. The molecule has 0 aliphatic carbocycles. The standard InChI is InChI=1S/C28H48N6O3/c1-7-8-9-10-30-24-23(18-31-27(32-24)28(4,5)6)26(36)34(19-20(2)3)22-15-21(16-29-17-22)25(35)33-11-13-37-14-12-33/h18,20-22,29H,7-17,19H2,1-6H3,(H,30,31,32)/t21-,22+/m1/s1. The quantitative estimate of drug-likeness (QED) is 0.460. The lowest BCUT2D eigenvalue weighted by atomic mass is 9.92. The maximum absolute atomic E-state index is 14.1. The van der Waals surface area contributed by atoms with Gasteiger partial charge in [-0.3, -0.25) is 9.59 Å². The second kappa shape index (κ2) is 13.5. The molecular formula is C28H48N6O3. The Morgan fingerprint density at radius 2 is 1.95 bits per heavy atom. The second-order valence-corrected chi connectivity index (χ2v) is 11.9. The van der Waals surface area contributed by atoms with Crippen LogP contribution in [-0.4, -0.2) is 90.1 Å². The predicted octanol–water partition coefficient (Wildman–Crippen LogP) is 3.31. The fourth-order valence-corrected chi connectivity index (χ4v) is 4.95. The predicted molar refractivity (Wildman–Crippen MR) is 147 cm³/mol. The molecular weight excluding hydrogens is 468 g/mol. The lowest BCUT2D eigenvalue weighted by Gasteiger charge is -2.40. The number of aromatic nitrogens is 2. The summed E-state index contributed by atoms with van der Waals surface area (Å²) in [5, 5.41) is 6.87. The molecule has 2 aliphatic heterocycles. The van der Waals surface area contributed by atoms with Crippen molar-refractivity contribution in [1.29, 1.82) is 0 Å². The highest BCUT2D eigenvalue weighted by Crippen LogP contribution is 2.26. The molecule has 0 bridgehead atoms. The van der Waals surface area contributed by atoms with Crippen LogP contribution in [0.15, 0.2) is 6.20 Å². The summed E-state index contributed by atoms with van der Waals surface area (Å²) >= 11 is 0. The van der Waals surface area contributed by atoms with Crippen LogP contribution in [0.5, 0.6) is 0 Å². The van der Waals surface area contributed by atoms with Gasteiger partial charge in [-0.1, -0.05) is 54.4 Å². The SMILES string of the molecule is CCCCCNc1nc(C(C)(C)C)ncc1C(=O)N(CC(C)C)[C@@H]1CNC[C@H](C(=O)N2CCOCC2)C1. The number of morpholine rings is 1. The number of ether oxygens (including phenoxy) is 1. The molecule has 9 nitrogen and oxygen atoms in total. The van der Waals surface area contributed by atoms with Gasteiger partial charge in [0.2, 0.25) is 5.91 Å². The summed E-state index contributed by atoms with van der Waals surface area (Å²) in [7, 11) is 0. The van der Waals surface area contributed by atoms with Crippen LogP contribution >= 0.6 is 0 Å². The summed E-state index contributed by atoms with van der Waals surface area (Å²) in [4.78, 5) is 40.6. The van der Waals surface area contributed by atoms with Gasteiger partial charge in [-0.25, -0.2) is 9.97 Å². The van der Waals surface area contributed by atoms with Crippen molar-refractivity contribution < 1.29 is 14.3 Å². The molecule has 2 amide bonds. The highest BCUT2D eigenvalue weighted by atomic mass is 16.5. The fourth-order valence-electron chi connectivity index (χ4n) is 4.95. The second-order valence-electron chi connectivity index (χ2n) is 11.9. The van der Waals surface area contributed by atoms with Crippen molar-refractivity contribution in [2.75, 3.05) is 57.8 Å². The molecule has 37 heavy (non-hydrogen) atoms. The van der Waals surface area contributed by atoms with Gasteiger partial charge in [0.1, 0.15) is 17.2 Å². The zero-order valence-corrected chi connectivity index (χ0v) is 23.8. The number of piperidine rings is 1. The van der Waals surface area contributed by atoms with Gasteiger partial charge in [0.25, 0.3) is 5.91 Å². The Morgan fingerprint density at radius 1 is 1.22 bits per heavy atom. The molecule has 2 N–H and O–H groups in total. The molecule has 2 aliphatic rings. The third-order valence-electron chi connectivity index (χ3n) is 7.03. The molecule has 0 spiro atoms. The topological polar surface area (TPSA) is 99.7 Å². The molecule has 1 aromatic rings. The van der Waals surface area contributed by atoms with Gasteiger partial charge in [-0.2, -0.15) is 0 Å². The molecule has 2 fully saturated rings. The number of nitrogens with zero attached hydrogens (tertiary/aromatic N) is 4. The lowest BCUT2D eigenvalue weighted by molar-refractivity contribution is -0.140. The third-order valence-corrected chi connectivity index (χ3v) is 7.03. The van der Waals surface area contributed by atoms with E-state index in [9.17, 15) is 9.59 Å². The third kappa shape index (κ3) is 8.11. The van der Waals surface area contributed by atoms with Gasteiger partial charge >= 0.3 is 0 Å². The minimum Gasteiger partial charge on any atom is -0.378 e. The lowest BCUT2D eigenvalue weighted by Crippen LogP contribution is -2.56. The molecule has 0 radical (unpaired) electrons. The number of hydrogen-bond donors (Lipinski definition) is 2. The molecule has 3 heterocycles. The Balaban J connectivity index is 1.84. The first-order valence-electron chi connectivity index (χ1n) is 14.1. The van der Waals surface area contributed by atoms with E-state index in [2.05, 4.69) is 57.2 Å². The molecule has 0 unspecified atom stereocenters. The zero-order chi connectivity index (χ0) is 27.0. The van der Waals surface area contributed by atoms with E-state index in [0.29, 0.717) is 69.6 Å². The minimum atomic E-state index is -0.223. The number of hydrogen-bond acceptors (Lipinski definition) is 7. The summed E-state index contributed by atoms with van der Waals surface area (Å²) in [5.74, 6) is 1.56. The van der Waals surface area contributed by atoms with E-state index in [-0.39, 0.29) is 35.1 Å². The van der Waals surface area contributed by atoms with Gasteiger partial charge in [0, 0.05) is 56.9 Å². The minimum absolute atomic E-state index is 0.0709. The van der Waals surface area contributed by atoms with E-state index < -0.39 is 0 Å². The number of carbonyl (C=O) groups excluding carboxylic acids is 2. The van der Waals surface area contributed by atoms with Crippen LogP contribution < -0.4 is 10.6 Å². The van der Waals surface area contributed by atoms with Crippen molar-refractivity contribution in [3.05, 3.63) is 17.6 Å². The molecule has 2 saturated heterocycles. The molecule has 0 aromatic carbocycles. The van der Waals surface area contributed by atoms with Crippen molar-refractivity contribution in [3.8, 4) is 0 Å². The van der Waals surface area contributed by atoms with Crippen LogP contribution in [-0.2, 0) is 14.9 Å². The molecule has 0 saturated carbocycles. The Bertz CT molecular complexity index is 894. The first-order valence-corrected chi connectivity index (χ1v) is 14.1. The van der Waals surface area contributed by atoms with E-state index in [1.165, 1.54) is 0 Å². The van der Waals surface area contributed by atoms with E-state index in [1.54, 1.807) is 6.20 Å². The molecule has 208 valence electrons. The molecule has 1 aromatic heterocycles. The van der Waals surface area contributed by atoms with Gasteiger partial charge < -0.3 is 25.2 Å². The van der Waals surface area contributed by atoms with Crippen molar-refractivity contribution in [2.24, 2.45) is 11.8 Å². The van der Waals surface area contributed by atoms with Crippen molar-refractivity contribution in [2.45, 2.75) is 78.7 Å². The number of amides is 2.